The van der Waals surface area contributed by atoms with Crippen LogP contribution in [0.4, 0.5) is 22.0 Å². The quantitative estimate of drug-likeness (QED) is 0.423. The Labute approximate surface area is 208 Å². The molecule has 2 aromatic rings. The molecule has 184 valence electrons. The minimum absolute atomic E-state index is 0.202. The van der Waals surface area contributed by atoms with Gasteiger partial charge in [-0.15, -0.1) is 0 Å². The van der Waals surface area contributed by atoms with Gasteiger partial charge in [0, 0.05) is 38.8 Å². The van der Waals surface area contributed by atoms with Crippen molar-refractivity contribution in [3.63, 3.8) is 0 Å². The molecule has 1 aromatic heterocycles. The number of halogens is 1. The standard InChI is InChI=1S/C26H37FN6S/c1-19-6-4-14-32(17-19)23-16-24(33-15-5-7-20(2)18-33)30-25(29-23)31-26(34)28-13-3-8-21-9-11-22(27)12-10-21/h9-12,16,19-20H,3-8,13-15,17-18H2,1-2H3,(H2,28,29,30,31,34). The van der Waals surface area contributed by atoms with E-state index in [1.807, 2.05) is 12.1 Å². The number of nitrogens with zero attached hydrogens (tertiary/aromatic N) is 4. The monoisotopic (exact) mass is 484 g/mol. The molecule has 0 spiro atoms. The minimum atomic E-state index is -0.202. The number of rotatable bonds is 7. The summed E-state index contributed by atoms with van der Waals surface area (Å²) in [5.74, 6) is 3.66. The Morgan fingerprint density at radius 3 is 2.15 bits per heavy atom. The lowest BCUT2D eigenvalue weighted by Gasteiger charge is -2.35. The van der Waals surface area contributed by atoms with Gasteiger partial charge in [-0.25, -0.2) is 4.39 Å². The van der Waals surface area contributed by atoms with E-state index in [4.69, 9.17) is 22.2 Å². The average Bonchev–Trinajstić information content (AvgIpc) is 2.83. The van der Waals surface area contributed by atoms with Gasteiger partial charge in [0.1, 0.15) is 17.5 Å². The molecule has 34 heavy (non-hydrogen) atoms. The zero-order valence-corrected chi connectivity index (χ0v) is 21.2. The average molecular weight is 485 g/mol. The van der Waals surface area contributed by atoms with Gasteiger partial charge in [-0.05, 0) is 80.3 Å². The molecule has 2 atom stereocenters. The summed E-state index contributed by atoms with van der Waals surface area (Å²) in [5, 5.41) is 7.02. The second-order valence-corrected chi connectivity index (χ2v) is 10.3. The van der Waals surface area contributed by atoms with E-state index < -0.39 is 0 Å². The topological polar surface area (TPSA) is 56.3 Å². The molecule has 0 amide bonds. The number of piperidine rings is 2. The van der Waals surface area contributed by atoms with Crippen LogP contribution in [0.5, 0.6) is 0 Å². The summed E-state index contributed by atoms with van der Waals surface area (Å²) in [6.45, 7) is 9.46. The number of nitrogens with one attached hydrogen (secondary N) is 2. The van der Waals surface area contributed by atoms with Gasteiger partial charge >= 0.3 is 0 Å². The highest BCUT2D eigenvalue weighted by atomic mass is 32.1. The molecule has 4 rings (SSSR count). The number of hydrogen-bond acceptors (Lipinski definition) is 5. The zero-order chi connectivity index (χ0) is 23.9. The van der Waals surface area contributed by atoms with Crippen LogP contribution in [0.2, 0.25) is 0 Å². The van der Waals surface area contributed by atoms with Crippen molar-refractivity contribution in [1.82, 2.24) is 15.3 Å². The van der Waals surface area contributed by atoms with Crippen LogP contribution in [0, 0.1) is 17.7 Å². The molecule has 0 bridgehead atoms. The van der Waals surface area contributed by atoms with E-state index in [9.17, 15) is 4.39 Å². The minimum Gasteiger partial charge on any atom is -0.362 e. The summed E-state index contributed by atoms with van der Waals surface area (Å²) in [6.07, 6.45) is 6.70. The van der Waals surface area contributed by atoms with Gasteiger partial charge in [0.15, 0.2) is 5.11 Å². The lowest BCUT2D eigenvalue weighted by atomic mass is 10.00. The first-order chi connectivity index (χ1) is 16.5. The van der Waals surface area contributed by atoms with E-state index in [1.54, 1.807) is 0 Å². The molecule has 0 radical (unpaired) electrons. The van der Waals surface area contributed by atoms with Gasteiger partial charge in [-0.1, -0.05) is 26.0 Å². The van der Waals surface area contributed by atoms with Crippen molar-refractivity contribution in [1.29, 1.82) is 0 Å². The first-order valence-corrected chi connectivity index (χ1v) is 13.1. The molecule has 2 fully saturated rings. The second kappa shape index (κ2) is 11.8. The Kier molecular flexibility index (Phi) is 8.53. The van der Waals surface area contributed by atoms with Crippen LogP contribution in [0.1, 0.15) is 51.5 Å². The third-order valence-corrected chi connectivity index (χ3v) is 6.97. The summed E-state index contributed by atoms with van der Waals surface area (Å²) in [7, 11) is 0. The Hall–Kier alpha value is -2.48. The van der Waals surface area contributed by atoms with E-state index in [1.165, 1.54) is 37.8 Å². The summed E-state index contributed by atoms with van der Waals surface area (Å²) in [6, 6.07) is 8.82. The summed E-state index contributed by atoms with van der Waals surface area (Å²) < 4.78 is 13.1. The summed E-state index contributed by atoms with van der Waals surface area (Å²) >= 11 is 5.54. The molecule has 2 N–H and O–H groups in total. The molecular weight excluding hydrogens is 447 g/mol. The lowest BCUT2D eigenvalue weighted by Crippen LogP contribution is -2.37. The number of aryl methyl sites for hydroxylation is 1. The van der Waals surface area contributed by atoms with Gasteiger partial charge in [0.2, 0.25) is 5.95 Å². The summed E-state index contributed by atoms with van der Waals surface area (Å²) in [4.78, 5) is 14.5. The van der Waals surface area contributed by atoms with E-state index in [-0.39, 0.29) is 5.82 Å². The highest BCUT2D eigenvalue weighted by Gasteiger charge is 2.23. The van der Waals surface area contributed by atoms with Crippen molar-refractivity contribution in [3.05, 3.63) is 41.7 Å². The maximum absolute atomic E-state index is 13.1. The van der Waals surface area contributed by atoms with Crippen LogP contribution in [0.15, 0.2) is 30.3 Å². The van der Waals surface area contributed by atoms with E-state index in [2.05, 4.69) is 40.3 Å². The maximum Gasteiger partial charge on any atom is 0.232 e. The molecular formula is C26H37FN6S. The van der Waals surface area contributed by atoms with E-state index in [0.29, 0.717) is 22.9 Å². The number of anilines is 3. The van der Waals surface area contributed by atoms with Gasteiger partial charge in [-0.3, -0.25) is 0 Å². The molecule has 2 saturated heterocycles. The second-order valence-electron chi connectivity index (χ2n) is 9.91. The van der Waals surface area contributed by atoms with Crippen molar-refractivity contribution in [2.24, 2.45) is 11.8 Å². The molecule has 3 heterocycles. The van der Waals surface area contributed by atoms with Crippen LogP contribution >= 0.6 is 12.2 Å². The Morgan fingerprint density at radius 2 is 1.59 bits per heavy atom. The molecule has 0 saturated carbocycles. The highest BCUT2D eigenvalue weighted by molar-refractivity contribution is 7.80. The molecule has 8 heteroatoms. The van der Waals surface area contributed by atoms with Crippen LogP contribution in [0.3, 0.4) is 0 Å². The third kappa shape index (κ3) is 7.01. The predicted molar refractivity (Wildman–Crippen MR) is 142 cm³/mol. The lowest BCUT2D eigenvalue weighted by molar-refractivity contribution is 0.441. The Morgan fingerprint density at radius 1 is 1.00 bits per heavy atom. The van der Waals surface area contributed by atoms with E-state index in [0.717, 1.165) is 62.8 Å². The fourth-order valence-electron chi connectivity index (χ4n) is 4.89. The number of thiocarbonyl (C=S) groups is 1. The van der Waals surface area contributed by atoms with Crippen LogP contribution in [-0.2, 0) is 6.42 Å². The number of hydrogen-bond donors (Lipinski definition) is 2. The first kappa shape index (κ1) is 24.6. The predicted octanol–water partition coefficient (Wildman–Crippen LogP) is 5.01. The SMILES string of the molecule is CC1CCCN(c2cc(N3CCCC(C)C3)nc(NC(=S)NCCCc3ccc(F)cc3)n2)C1. The number of benzene rings is 1. The molecule has 1 aromatic carbocycles. The maximum atomic E-state index is 13.1. The van der Waals surface area contributed by atoms with Crippen molar-refractivity contribution in [2.45, 2.75) is 52.4 Å². The van der Waals surface area contributed by atoms with Gasteiger partial charge in [-0.2, -0.15) is 9.97 Å². The van der Waals surface area contributed by atoms with Crippen LogP contribution in [-0.4, -0.2) is 47.8 Å². The normalized spacial score (nSPS) is 20.8. The molecule has 0 aliphatic carbocycles. The smallest absolute Gasteiger partial charge is 0.232 e. The Balaban J connectivity index is 1.39. The third-order valence-electron chi connectivity index (χ3n) is 6.73. The zero-order valence-electron chi connectivity index (χ0n) is 20.4. The Bertz CT molecular complexity index is 913. The van der Waals surface area contributed by atoms with Crippen LogP contribution in [0.25, 0.3) is 0 Å². The molecule has 2 unspecified atom stereocenters. The highest BCUT2D eigenvalue weighted by Crippen LogP contribution is 2.28. The van der Waals surface area contributed by atoms with Gasteiger partial charge < -0.3 is 20.4 Å². The van der Waals surface area contributed by atoms with Gasteiger partial charge in [0.25, 0.3) is 0 Å². The van der Waals surface area contributed by atoms with Crippen LogP contribution < -0.4 is 20.4 Å². The van der Waals surface area contributed by atoms with E-state index >= 15 is 0 Å². The fourth-order valence-corrected chi connectivity index (χ4v) is 5.08. The van der Waals surface area contributed by atoms with Gasteiger partial charge in [0.05, 0.1) is 0 Å². The number of aromatic nitrogens is 2. The summed E-state index contributed by atoms with van der Waals surface area (Å²) in [5.41, 5.74) is 1.12. The van der Waals surface area contributed by atoms with Crippen molar-refractivity contribution >= 4 is 34.9 Å². The molecule has 2 aliphatic rings. The first-order valence-electron chi connectivity index (χ1n) is 12.6. The fraction of sp³-hybridized carbons (Fsp3) is 0.577. The van der Waals surface area contributed by atoms with Crippen molar-refractivity contribution < 1.29 is 4.39 Å². The molecule has 6 nitrogen and oxygen atoms in total. The van der Waals surface area contributed by atoms with Crippen molar-refractivity contribution in [3.8, 4) is 0 Å². The largest absolute Gasteiger partial charge is 0.362 e. The van der Waals surface area contributed by atoms with Crippen molar-refractivity contribution in [2.75, 3.05) is 47.8 Å². The molecule has 2 aliphatic heterocycles.